The van der Waals surface area contributed by atoms with E-state index in [1.807, 2.05) is 20.0 Å². The van der Waals surface area contributed by atoms with Gasteiger partial charge >= 0.3 is 5.97 Å². The summed E-state index contributed by atoms with van der Waals surface area (Å²) in [5.41, 5.74) is 2.31. The Balaban J connectivity index is 2.03. The van der Waals surface area contributed by atoms with E-state index in [2.05, 4.69) is 41.5 Å². The summed E-state index contributed by atoms with van der Waals surface area (Å²) in [6.07, 6.45) is 1.81. The van der Waals surface area contributed by atoms with Gasteiger partial charge in [-0.2, -0.15) is 0 Å². The molecule has 5 heteroatoms. The minimum atomic E-state index is -0.812. The number of nitrogens with one attached hydrogen (secondary N) is 1. The maximum absolute atomic E-state index is 11.1. The Kier molecular flexibility index (Phi) is 5.09. The zero-order valence-corrected chi connectivity index (χ0v) is 13.3. The minimum Gasteiger partial charge on any atom is -0.480 e. The molecule has 4 nitrogen and oxygen atoms in total. The molecule has 1 aromatic heterocycles. The number of hydrogen-bond donors (Lipinski definition) is 2. The Labute approximate surface area is 128 Å². The van der Waals surface area contributed by atoms with Crippen LogP contribution in [0.2, 0.25) is 0 Å². The molecule has 0 unspecified atom stereocenters. The maximum Gasteiger partial charge on any atom is 0.320 e. The van der Waals surface area contributed by atoms with Crippen molar-refractivity contribution < 1.29 is 9.90 Å². The van der Waals surface area contributed by atoms with Gasteiger partial charge in [0, 0.05) is 23.2 Å². The fourth-order valence-corrected chi connectivity index (χ4v) is 2.91. The summed E-state index contributed by atoms with van der Waals surface area (Å²) >= 11 is 1.59. The predicted molar refractivity (Wildman–Crippen MR) is 85.4 cm³/mol. The monoisotopic (exact) mass is 304 g/mol. The molecule has 0 aliphatic heterocycles. The summed E-state index contributed by atoms with van der Waals surface area (Å²) in [5, 5.41) is 13.2. The van der Waals surface area contributed by atoms with Gasteiger partial charge in [0.2, 0.25) is 0 Å². The predicted octanol–water partition coefficient (Wildman–Crippen LogP) is 3.32. The van der Waals surface area contributed by atoms with E-state index in [0.717, 1.165) is 15.4 Å². The number of thiazole rings is 1. The number of carboxylic acids is 1. The molecule has 0 aliphatic rings. The van der Waals surface area contributed by atoms with E-state index >= 15 is 0 Å². The Morgan fingerprint density at radius 1 is 1.33 bits per heavy atom. The van der Waals surface area contributed by atoms with Gasteiger partial charge in [-0.15, -0.1) is 11.3 Å². The fourth-order valence-electron chi connectivity index (χ4n) is 2.04. The standard InChI is InChI=1S/C16H20N2O2S/c1-10(2)14(16(19)20)17-8-13-9-18-15(21-13)12-6-4-11(3)5-7-12/h4-7,9-10,14,17H,8H2,1-3H3,(H,19,20)/t14-/m1/s1. The first-order valence-electron chi connectivity index (χ1n) is 6.95. The Bertz CT molecular complexity index is 605. The molecule has 1 atom stereocenters. The molecule has 2 N–H and O–H groups in total. The van der Waals surface area contributed by atoms with Crippen LogP contribution in [0.4, 0.5) is 0 Å². The molecule has 2 aromatic rings. The van der Waals surface area contributed by atoms with E-state index < -0.39 is 12.0 Å². The van der Waals surface area contributed by atoms with Crippen molar-refractivity contribution in [3.8, 4) is 10.6 Å². The second-order valence-corrected chi connectivity index (χ2v) is 6.55. The largest absolute Gasteiger partial charge is 0.480 e. The van der Waals surface area contributed by atoms with Crippen molar-refractivity contribution in [2.75, 3.05) is 0 Å². The zero-order valence-electron chi connectivity index (χ0n) is 12.5. The Hall–Kier alpha value is -1.72. The number of aryl methyl sites for hydroxylation is 1. The lowest BCUT2D eigenvalue weighted by Crippen LogP contribution is -2.40. The number of carbonyl (C=O) groups is 1. The lowest BCUT2D eigenvalue weighted by Gasteiger charge is -2.16. The first-order valence-corrected chi connectivity index (χ1v) is 7.77. The molecule has 0 fully saturated rings. The number of hydrogen-bond acceptors (Lipinski definition) is 4. The zero-order chi connectivity index (χ0) is 15.4. The number of aliphatic carboxylic acids is 1. The van der Waals surface area contributed by atoms with Gasteiger partial charge in [-0.1, -0.05) is 43.7 Å². The minimum absolute atomic E-state index is 0.0481. The molecule has 0 amide bonds. The third-order valence-electron chi connectivity index (χ3n) is 3.28. The van der Waals surface area contributed by atoms with Crippen molar-refractivity contribution in [1.82, 2.24) is 10.3 Å². The van der Waals surface area contributed by atoms with Crippen molar-refractivity contribution in [3.63, 3.8) is 0 Å². The normalized spacial score (nSPS) is 12.6. The van der Waals surface area contributed by atoms with Crippen LogP contribution in [0.3, 0.4) is 0 Å². The first kappa shape index (κ1) is 15.7. The van der Waals surface area contributed by atoms with Crippen LogP contribution >= 0.6 is 11.3 Å². The van der Waals surface area contributed by atoms with Crippen molar-refractivity contribution in [1.29, 1.82) is 0 Å². The van der Waals surface area contributed by atoms with Crippen LogP contribution in [-0.4, -0.2) is 22.1 Å². The number of benzene rings is 1. The van der Waals surface area contributed by atoms with Crippen LogP contribution in [0.5, 0.6) is 0 Å². The lowest BCUT2D eigenvalue weighted by atomic mass is 10.1. The van der Waals surface area contributed by atoms with Gasteiger partial charge in [0.15, 0.2) is 0 Å². The van der Waals surface area contributed by atoms with E-state index in [9.17, 15) is 4.79 Å². The maximum atomic E-state index is 11.1. The Morgan fingerprint density at radius 2 is 2.00 bits per heavy atom. The van der Waals surface area contributed by atoms with Crippen LogP contribution in [0.25, 0.3) is 10.6 Å². The summed E-state index contributed by atoms with van der Waals surface area (Å²) in [5.74, 6) is -0.764. The summed E-state index contributed by atoms with van der Waals surface area (Å²) < 4.78 is 0. The van der Waals surface area contributed by atoms with Crippen molar-refractivity contribution in [2.24, 2.45) is 5.92 Å². The molecule has 0 saturated carbocycles. The molecular weight excluding hydrogens is 284 g/mol. The second-order valence-electron chi connectivity index (χ2n) is 5.44. The second kappa shape index (κ2) is 6.83. The SMILES string of the molecule is Cc1ccc(-c2ncc(CN[C@@H](C(=O)O)C(C)C)s2)cc1. The smallest absolute Gasteiger partial charge is 0.320 e. The molecule has 0 bridgehead atoms. The van der Waals surface area contributed by atoms with Gasteiger partial charge < -0.3 is 5.11 Å². The number of carboxylic acid groups (broad SMARTS) is 1. The number of aromatic nitrogens is 1. The number of rotatable bonds is 6. The average Bonchev–Trinajstić information content (AvgIpc) is 2.87. The summed E-state index contributed by atoms with van der Waals surface area (Å²) in [4.78, 5) is 16.6. The molecule has 2 rings (SSSR count). The van der Waals surface area contributed by atoms with Crippen LogP contribution in [0.15, 0.2) is 30.5 Å². The quantitative estimate of drug-likeness (QED) is 0.859. The van der Waals surface area contributed by atoms with Crippen molar-refractivity contribution in [2.45, 2.75) is 33.4 Å². The van der Waals surface area contributed by atoms with Crippen LogP contribution < -0.4 is 5.32 Å². The molecule has 21 heavy (non-hydrogen) atoms. The molecule has 0 spiro atoms. The molecule has 0 aliphatic carbocycles. The van der Waals surface area contributed by atoms with E-state index in [1.165, 1.54) is 5.56 Å². The molecule has 0 saturated heterocycles. The third kappa shape index (κ3) is 4.12. The summed E-state index contributed by atoms with van der Waals surface area (Å²) in [6.45, 7) is 6.38. The van der Waals surface area contributed by atoms with Gasteiger partial charge in [-0.3, -0.25) is 10.1 Å². The molecule has 112 valence electrons. The molecule has 1 heterocycles. The average molecular weight is 304 g/mol. The highest BCUT2D eigenvalue weighted by molar-refractivity contribution is 7.15. The van der Waals surface area contributed by atoms with E-state index in [0.29, 0.717) is 6.54 Å². The molecule has 0 radical (unpaired) electrons. The fraction of sp³-hybridized carbons (Fsp3) is 0.375. The van der Waals surface area contributed by atoms with Gasteiger partial charge in [0.25, 0.3) is 0 Å². The van der Waals surface area contributed by atoms with Crippen molar-refractivity contribution >= 4 is 17.3 Å². The lowest BCUT2D eigenvalue weighted by molar-refractivity contribution is -0.140. The Morgan fingerprint density at radius 3 is 2.57 bits per heavy atom. The summed E-state index contributed by atoms with van der Waals surface area (Å²) in [7, 11) is 0. The summed E-state index contributed by atoms with van der Waals surface area (Å²) in [6, 6.07) is 7.70. The van der Waals surface area contributed by atoms with Crippen LogP contribution in [0.1, 0.15) is 24.3 Å². The van der Waals surface area contributed by atoms with Crippen LogP contribution in [-0.2, 0) is 11.3 Å². The third-order valence-corrected chi connectivity index (χ3v) is 4.33. The van der Waals surface area contributed by atoms with E-state index in [-0.39, 0.29) is 5.92 Å². The van der Waals surface area contributed by atoms with E-state index in [4.69, 9.17) is 5.11 Å². The highest BCUT2D eigenvalue weighted by Gasteiger charge is 2.20. The van der Waals surface area contributed by atoms with Gasteiger partial charge in [-0.25, -0.2) is 4.98 Å². The van der Waals surface area contributed by atoms with Gasteiger partial charge in [0.1, 0.15) is 11.0 Å². The topological polar surface area (TPSA) is 62.2 Å². The van der Waals surface area contributed by atoms with Gasteiger partial charge in [-0.05, 0) is 12.8 Å². The van der Waals surface area contributed by atoms with Gasteiger partial charge in [0.05, 0.1) is 0 Å². The van der Waals surface area contributed by atoms with E-state index in [1.54, 1.807) is 11.3 Å². The number of nitrogens with zero attached hydrogens (tertiary/aromatic N) is 1. The van der Waals surface area contributed by atoms with Crippen LogP contribution in [0, 0.1) is 12.8 Å². The molecular formula is C16H20N2O2S. The highest BCUT2D eigenvalue weighted by Crippen LogP contribution is 2.25. The van der Waals surface area contributed by atoms with Crippen molar-refractivity contribution in [3.05, 3.63) is 40.9 Å². The molecule has 1 aromatic carbocycles. The first-order chi connectivity index (χ1) is 9.97. The highest BCUT2D eigenvalue weighted by atomic mass is 32.1.